The van der Waals surface area contributed by atoms with Gasteiger partial charge < -0.3 is 5.32 Å². The zero-order valence-corrected chi connectivity index (χ0v) is 15.0. The van der Waals surface area contributed by atoms with Gasteiger partial charge in [0.15, 0.2) is 5.11 Å². The molecule has 0 saturated heterocycles. The van der Waals surface area contributed by atoms with Crippen LogP contribution in [0.3, 0.4) is 0 Å². The molecule has 0 bridgehead atoms. The molecule has 0 aliphatic carbocycles. The first-order valence-electron chi connectivity index (χ1n) is 7.85. The smallest absolute Gasteiger partial charge is 0.190 e. The Balaban J connectivity index is 1.91. The first-order chi connectivity index (χ1) is 12.1. The van der Waals surface area contributed by atoms with Gasteiger partial charge in [0, 0.05) is 18.0 Å². The van der Waals surface area contributed by atoms with E-state index in [-0.39, 0.29) is 11.9 Å². The van der Waals surface area contributed by atoms with Gasteiger partial charge in [0.25, 0.3) is 0 Å². The highest BCUT2D eigenvalue weighted by Gasteiger charge is 2.31. The summed E-state index contributed by atoms with van der Waals surface area (Å²) in [5, 5.41) is 10.8. The van der Waals surface area contributed by atoms with Gasteiger partial charge in [0.1, 0.15) is 5.82 Å². The Labute approximate surface area is 156 Å². The van der Waals surface area contributed by atoms with Crippen LogP contribution in [-0.4, -0.2) is 22.4 Å². The number of benzene rings is 2. The van der Waals surface area contributed by atoms with Crippen molar-refractivity contribution in [2.24, 2.45) is 5.10 Å². The molecule has 0 aromatic heterocycles. The number of hydrazone groups is 1. The minimum Gasteiger partial charge on any atom is -0.358 e. The SMILES string of the molecule is C=CCNC(=S)N1N=C(c2ccc(Cl)cc2)CC1c1ccc(F)cc1. The Morgan fingerprint density at radius 2 is 1.96 bits per heavy atom. The molecule has 3 rings (SSSR count). The average molecular weight is 374 g/mol. The van der Waals surface area contributed by atoms with E-state index in [1.54, 1.807) is 23.2 Å². The second kappa shape index (κ2) is 7.76. The third kappa shape index (κ3) is 4.06. The Bertz CT molecular complexity index is 802. The molecule has 0 spiro atoms. The van der Waals surface area contributed by atoms with E-state index in [0.717, 1.165) is 16.8 Å². The molecule has 1 N–H and O–H groups in total. The fourth-order valence-corrected chi connectivity index (χ4v) is 3.08. The maximum atomic E-state index is 13.3. The van der Waals surface area contributed by atoms with Crippen molar-refractivity contribution >= 4 is 34.6 Å². The Morgan fingerprint density at radius 1 is 1.28 bits per heavy atom. The first kappa shape index (κ1) is 17.6. The van der Waals surface area contributed by atoms with Gasteiger partial charge in [-0.05, 0) is 47.6 Å². The molecule has 3 nitrogen and oxygen atoms in total. The highest BCUT2D eigenvalue weighted by atomic mass is 35.5. The lowest BCUT2D eigenvalue weighted by Gasteiger charge is -2.24. The summed E-state index contributed by atoms with van der Waals surface area (Å²) >= 11 is 11.4. The fraction of sp³-hybridized carbons (Fsp3) is 0.158. The molecule has 0 radical (unpaired) electrons. The Morgan fingerprint density at radius 3 is 2.60 bits per heavy atom. The number of nitrogens with one attached hydrogen (secondary N) is 1. The molecule has 1 aliphatic heterocycles. The van der Waals surface area contributed by atoms with Crippen molar-refractivity contribution in [3.63, 3.8) is 0 Å². The van der Waals surface area contributed by atoms with Crippen LogP contribution in [0.4, 0.5) is 4.39 Å². The molecule has 6 heteroatoms. The van der Waals surface area contributed by atoms with E-state index in [0.29, 0.717) is 23.1 Å². The van der Waals surface area contributed by atoms with Gasteiger partial charge >= 0.3 is 0 Å². The molecule has 1 aliphatic rings. The topological polar surface area (TPSA) is 27.6 Å². The van der Waals surface area contributed by atoms with Crippen molar-refractivity contribution < 1.29 is 4.39 Å². The lowest BCUT2D eigenvalue weighted by molar-refractivity contribution is 0.365. The largest absolute Gasteiger partial charge is 0.358 e. The summed E-state index contributed by atoms with van der Waals surface area (Å²) in [7, 11) is 0. The van der Waals surface area contributed by atoms with E-state index in [1.807, 2.05) is 24.3 Å². The van der Waals surface area contributed by atoms with Crippen molar-refractivity contribution in [1.29, 1.82) is 0 Å². The normalized spacial score (nSPS) is 16.5. The number of thiocarbonyl (C=S) groups is 1. The molecule has 2 aromatic carbocycles. The lowest BCUT2D eigenvalue weighted by atomic mass is 9.98. The second-order valence-electron chi connectivity index (χ2n) is 5.64. The van der Waals surface area contributed by atoms with Crippen LogP contribution in [0.2, 0.25) is 5.02 Å². The van der Waals surface area contributed by atoms with Crippen LogP contribution in [0.25, 0.3) is 0 Å². The maximum absolute atomic E-state index is 13.3. The molecule has 1 atom stereocenters. The highest BCUT2D eigenvalue weighted by molar-refractivity contribution is 7.80. The summed E-state index contributed by atoms with van der Waals surface area (Å²) in [6.07, 6.45) is 2.41. The van der Waals surface area contributed by atoms with Gasteiger partial charge in [-0.3, -0.25) is 0 Å². The van der Waals surface area contributed by atoms with Gasteiger partial charge in [-0.1, -0.05) is 41.9 Å². The summed E-state index contributed by atoms with van der Waals surface area (Å²) in [6.45, 7) is 4.24. The number of nitrogens with zero attached hydrogens (tertiary/aromatic N) is 2. The van der Waals surface area contributed by atoms with E-state index < -0.39 is 0 Å². The monoisotopic (exact) mass is 373 g/mol. The van der Waals surface area contributed by atoms with Crippen molar-refractivity contribution in [2.75, 3.05) is 6.54 Å². The Hall–Kier alpha value is -2.24. The molecule has 2 aromatic rings. The molecule has 1 heterocycles. The summed E-state index contributed by atoms with van der Waals surface area (Å²) in [6, 6.07) is 13.9. The van der Waals surface area contributed by atoms with Gasteiger partial charge in [-0.2, -0.15) is 5.10 Å². The minimum atomic E-state index is -0.264. The summed E-state index contributed by atoms with van der Waals surface area (Å²) in [5.41, 5.74) is 2.86. The number of hydrogen-bond donors (Lipinski definition) is 1. The molecule has 1 unspecified atom stereocenters. The highest BCUT2D eigenvalue weighted by Crippen LogP contribution is 2.33. The van der Waals surface area contributed by atoms with Crippen molar-refractivity contribution in [2.45, 2.75) is 12.5 Å². The zero-order valence-electron chi connectivity index (χ0n) is 13.5. The van der Waals surface area contributed by atoms with Gasteiger partial charge in [0.2, 0.25) is 0 Å². The predicted octanol–water partition coefficient (Wildman–Crippen LogP) is 4.69. The Kier molecular flexibility index (Phi) is 5.46. The molecular formula is C19H17ClFN3S. The van der Waals surface area contributed by atoms with Crippen LogP contribution >= 0.6 is 23.8 Å². The standard InChI is InChI=1S/C19H17ClFN3S/c1-2-11-22-19(25)24-18(14-5-9-16(21)10-6-14)12-17(23-24)13-3-7-15(20)8-4-13/h2-10,18H,1,11-12H2,(H,22,25). The van der Waals surface area contributed by atoms with Gasteiger partial charge in [0.05, 0.1) is 11.8 Å². The first-order valence-corrected chi connectivity index (χ1v) is 8.64. The molecular weight excluding hydrogens is 357 g/mol. The van der Waals surface area contributed by atoms with Crippen LogP contribution in [0.15, 0.2) is 66.3 Å². The van der Waals surface area contributed by atoms with Crippen LogP contribution in [0, 0.1) is 5.82 Å². The van der Waals surface area contributed by atoms with Crippen LogP contribution in [0.5, 0.6) is 0 Å². The molecule has 0 saturated carbocycles. The van der Waals surface area contributed by atoms with Crippen LogP contribution in [0.1, 0.15) is 23.6 Å². The van der Waals surface area contributed by atoms with E-state index in [4.69, 9.17) is 28.9 Å². The zero-order chi connectivity index (χ0) is 17.8. The van der Waals surface area contributed by atoms with E-state index in [2.05, 4.69) is 11.9 Å². The quantitative estimate of drug-likeness (QED) is 0.622. The molecule has 0 fully saturated rings. The molecule has 25 heavy (non-hydrogen) atoms. The predicted molar refractivity (Wildman–Crippen MR) is 104 cm³/mol. The van der Waals surface area contributed by atoms with E-state index >= 15 is 0 Å². The minimum absolute atomic E-state index is 0.0870. The summed E-state index contributed by atoms with van der Waals surface area (Å²) in [4.78, 5) is 0. The van der Waals surface area contributed by atoms with Crippen LogP contribution in [-0.2, 0) is 0 Å². The van der Waals surface area contributed by atoms with E-state index in [9.17, 15) is 4.39 Å². The lowest BCUT2D eigenvalue weighted by Crippen LogP contribution is -2.36. The number of halogens is 2. The average Bonchev–Trinajstić information content (AvgIpc) is 3.06. The molecule has 128 valence electrons. The van der Waals surface area contributed by atoms with Gasteiger partial charge in [-0.25, -0.2) is 9.40 Å². The third-order valence-corrected chi connectivity index (χ3v) is 4.53. The second-order valence-corrected chi connectivity index (χ2v) is 6.47. The number of hydrogen-bond acceptors (Lipinski definition) is 2. The maximum Gasteiger partial charge on any atom is 0.190 e. The van der Waals surface area contributed by atoms with Crippen LogP contribution < -0.4 is 5.32 Å². The number of rotatable bonds is 4. The van der Waals surface area contributed by atoms with Gasteiger partial charge in [-0.15, -0.1) is 6.58 Å². The molecule has 0 amide bonds. The van der Waals surface area contributed by atoms with E-state index in [1.165, 1.54) is 12.1 Å². The van der Waals surface area contributed by atoms with Crippen molar-refractivity contribution in [3.8, 4) is 0 Å². The fourth-order valence-electron chi connectivity index (χ4n) is 2.70. The van der Waals surface area contributed by atoms with Crippen molar-refractivity contribution in [3.05, 3.63) is 83.2 Å². The summed E-state index contributed by atoms with van der Waals surface area (Å²) < 4.78 is 13.3. The third-order valence-electron chi connectivity index (χ3n) is 3.95. The summed E-state index contributed by atoms with van der Waals surface area (Å²) in [5.74, 6) is -0.264. The van der Waals surface area contributed by atoms with Crippen molar-refractivity contribution in [1.82, 2.24) is 10.3 Å².